The van der Waals surface area contributed by atoms with Crippen LogP contribution in [0.3, 0.4) is 0 Å². The van der Waals surface area contributed by atoms with Crippen molar-refractivity contribution in [1.29, 1.82) is 0 Å². The van der Waals surface area contributed by atoms with E-state index in [1.807, 2.05) is 55.7 Å². The molecule has 0 aliphatic carbocycles. The first-order valence-corrected chi connectivity index (χ1v) is 11.7. The quantitative estimate of drug-likeness (QED) is 0.569. The van der Waals surface area contributed by atoms with Gasteiger partial charge in [0.15, 0.2) is 0 Å². The van der Waals surface area contributed by atoms with Crippen LogP contribution in [0, 0.1) is 12.8 Å². The highest BCUT2D eigenvalue weighted by atomic mass is 32.1. The van der Waals surface area contributed by atoms with Crippen molar-refractivity contribution in [2.24, 2.45) is 5.92 Å². The van der Waals surface area contributed by atoms with Crippen LogP contribution in [-0.2, 0) is 22.6 Å². The van der Waals surface area contributed by atoms with Crippen molar-refractivity contribution >= 4 is 28.8 Å². The van der Waals surface area contributed by atoms with E-state index in [9.17, 15) is 9.59 Å². The Morgan fingerprint density at radius 1 is 1.28 bits per heavy atom. The molecule has 3 heterocycles. The highest BCUT2D eigenvalue weighted by Gasteiger charge is 2.24. The second-order valence-corrected chi connectivity index (χ2v) is 9.26. The summed E-state index contributed by atoms with van der Waals surface area (Å²) in [5.74, 6) is 1.14. The molecule has 8 heteroatoms. The molecule has 2 aromatic heterocycles. The highest BCUT2D eigenvalue weighted by molar-refractivity contribution is 7.10. The molecular formula is C24H28N4O3S. The smallest absolute Gasteiger partial charge is 0.228 e. The molecule has 1 aromatic carbocycles. The Hall–Kier alpha value is -2.97. The van der Waals surface area contributed by atoms with E-state index in [1.54, 1.807) is 11.3 Å². The van der Waals surface area contributed by atoms with Gasteiger partial charge in [-0.3, -0.25) is 9.59 Å². The lowest BCUT2D eigenvalue weighted by atomic mass is 9.97. The minimum Gasteiger partial charge on any atom is -0.441 e. The van der Waals surface area contributed by atoms with Crippen molar-refractivity contribution in [2.75, 3.05) is 25.5 Å². The Bertz CT molecular complexity index is 1080. The summed E-state index contributed by atoms with van der Waals surface area (Å²) in [6.07, 6.45) is 2.31. The maximum absolute atomic E-state index is 12.7. The summed E-state index contributed by atoms with van der Waals surface area (Å²) < 4.78 is 5.85. The van der Waals surface area contributed by atoms with E-state index in [-0.39, 0.29) is 17.7 Å². The number of amides is 2. The predicted molar refractivity (Wildman–Crippen MR) is 125 cm³/mol. The van der Waals surface area contributed by atoms with Crippen molar-refractivity contribution in [2.45, 2.75) is 32.7 Å². The minimum absolute atomic E-state index is 0.00535. The lowest BCUT2D eigenvalue weighted by molar-refractivity contribution is -0.121. The van der Waals surface area contributed by atoms with Crippen LogP contribution >= 0.6 is 11.3 Å². The number of benzene rings is 1. The van der Waals surface area contributed by atoms with Crippen molar-refractivity contribution in [1.82, 2.24) is 15.2 Å². The fraction of sp³-hybridized carbons (Fsp3) is 0.375. The second-order valence-electron chi connectivity index (χ2n) is 8.23. The number of rotatable bonds is 7. The van der Waals surface area contributed by atoms with E-state index in [1.165, 1.54) is 0 Å². The van der Waals surface area contributed by atoms with Crippen LogP contribution in [0.25, 0.3) is 11.5 Å². The lowest BCUT2D eigenvalue weighted by Crippen LogP contribution is -2.38. The summed E-state index contributed by atoms with van der Waals surface area (Å²) in [5, 5.41) is 7.90. The molecule has 32 heavy (non-hydrogen) atoms. The summed E-state index contributed by atoms with van der Waals surface area (Å²) in [7, 11) is 2.05. The molecule has 7 nitrogen and oxygen atoms in total. The van der Waals surface area contributed by atoms with Crippen LogP contribution in [-0.4, -0.2) is 41.8 Å². The predicted octanol–water partition coefficient (Wildman–Crippen LogP) is 3.85. The number of thiophene rings is 1. The average molecular weight is 453 g/mol. The molecular weight excluding hydrogens is 424 g/mol. The number of piperidine rings is 1. The third-order valence-electron chi connectivity index (χ3n) is 5.63. The van der Waals surface area contributed by atoms with E-state index in [0.29, 0.717) is 30.3 Å². The minimum atomic E-state index is -0.0468. The number of hydrogen-bond donors (Lipinski definition) is 2. The Morgan fingerprint density at radius 2 is 2.16 bits per heavy atom. The highest BCUT2D eigenvalue weighted by Crippen LogP contribution is 2.25. The van der Waals surface area contributed by atoms with Crippen molar-refractivity contribution in [3.8, 4) is 11.5 Å². The van der Waals surface area contributed by atoms with Crippen molar-refractivity contribution < 1.29 is 14.0 Å². The monoisotopic (exact) mass is 452 g/mol. The van der Waals surface area contributed by atoms with Gasteiger partial charge in [0, 0.05) is 22.7 Å². The van der Waals surface area contributed by atoms with E-state index < -0.39 is 0 Å². The molecule has 2 amide bonds. The summed E-state index contributed by atoms with van der Waals surface area (Å²) in [6.45, 7) is 3.97. The normalized spacial score (nSPS) is 16.6. The van der Waals surface area contributed by atoms with Gasteiger partial charge in [-0.05, 0) is 63.0 Å². The number of likely N-dealkylation sites (tertiary alicyclic amines) is 1. The second kappa shape index (κ2) is 10.1. The van der Waals surface area contributed by atoms with Gasteiger partial charge >= 0.3 is 0 Å². The van der Waals surface area contributed by atoms with E-state index in [0.717, 1.165) is 42.1 Å². The van der Waals surface area contributed by atoms with Gasteiger partial charge < -0.3 is 20.0 Å². The Morgan fingerprint density at radius 3 is 2.94 bits per heavy atom. The molecule has 0 saturated carbocycles. The topological polar surface area (TPSA) is 87.5 Å². The number of oxazole rings is 1. The number of carbonyl (C=O) groups is 2. The van der Waals surface area contributed by atoms with E-state index >= 15 is 0 Å². The standard InChI is InChI=1S/C24H28N4O3S/c1-16-21(14-25-22(29)13-20-9-5-11-32-20)27-24(31-16)17-6-3-8-19(12-17)26-23(30)18-7-4-10-28(2)15-18/h3,5-6,8-9,11-12,18H,4,7,10,13-15H2,1-2H3,(H,25,29)(H,26,30). The van der Waals surface area contributed by atoms with Crippen LogP contribution in [0.5, 0.6) is 0 Å². The fourth-order valence-corrected chi connectivity index (χ4v) is 4.59. The average Bonchev–Trinajstić information content (AvgIpc) is 3.42. The number of anilines is 1. The molecule has 2 N–H and O–H groups in total. The number of aromatic nitrogens is 1. The Balaban J connectivity index is 1.38. The lowest BCUT2D eigenvalue weighted by Gasteiger charge is -2.28. The zero-order valence-electron chi connectivity index (χ0n) is 18.4. The number of carbonyl (C=O) groups excluding carboxylic acids is 2. The van der Waals surface area contributed by atoms with Gasteiger partial charge in [-0.1, -0.05) is 12.1 Å². The zero-order chi connectivity index (χ0) is 22.5. The summed E-state index contributed by atoms with van der Waals surface area (Å²) in [4.78, 5) is 32.6. The molecule has 1 aliphatic rings. The van der Waals surface area contributed by atoms with Crippen LogP contribution in [0.4, 0.5) is 5.69 Å². The molecule has 168 valence electrons. The van der Waals surface area contributed by atoms with Crippen LogP contribution in [0.1, 0.15) is 29.2 Å². The van der Waals surface area contributed by atoms with Crippen LogP contribution in [0.15, 0.2) is 46.2 Å². The first-order chi connectivity index (χ1) is 15.5. The van der Waals surface area contributed by atoms with Crippen molar-refractivity contribution in [3.63, 3.8) is 0 Å². The van der Waals surface area contributed by atoms with Crippen molar-refractivity contribution in [3.05, 3.63) is 58.1 Å². The van der Waals surface area contributed by atoms with Crippen LogP contribution < -0.4 is 10.6 Å². The maximum atomic E-state index is 12.7. The van der Waals surface area contributed by atoms with E-state index in [4.69, 9.17) is 4.42 Å². The molecule has 3 aromatic rings. The van der Waals surface area contributed by atoms with Gasteiger partial charge in [-0.2, -0.15) is 0 Å². The van der Waals surface area contributed by atoms with Gasteiger partial charge in [0.05, 0.1) is 18.9 Å². The third-order valence-corrected chi connectivity index (χ3v) is 6.51. The van der Waals surface area contributed by atoms with Gasteiger partial charge in [0.25, 0.3) is 0 Å². The number of aryl methyl sites for hydroxylation is 1. The van der Waals surface area contributed by atoms with Gasteiger partial charge in [0.1, 0.15) is 11.5 Å². The van der Waals surface area contributed by atoms with Gasteiger partial charge in [-0.15, -0.1) is 11.3 Å². The molecule has 0 radical (unpaired) electrons. The maximum Gasteiger partial charge on any atom is 0.228 e. The SMILES string of the molecule is Cc1oc(-c2cccc(NC(=O)C3CCCN(C)C3)c2)nc1CNC(=O)Cc1cccs1. The summed E-state index contributed by atoms with van der Waals surface area (Å²) >= 11 is 1.56. The summed E-state index contributed by atoms with van der Waals surface area (Å²) in [5.41, 5.74) is 2.20. The molecule has 0 bridgehead atoms. The molecule has 0 spiro atoms. The molecule has 1 atom stereocenters. The van der Waals surface area contributed by atoms with Gasteiger partial charge in [0.2, 0.25) is 17.7 Å². The first-order valence-electron chi connectivity index (χ1n) is 10.8. The molecule has 1 saturated heterocycles. The van der Waals surface area contributed by atoms with Gasteiger partial charge in [-0.25, -0.2) is 4.98 Å². The molecule has 4 rings (SSSR count). The third kappa shape index (κ3) is 5.63. The summed E-state index contributed by atoms with van der Waals surface area (Å²) in [6, 6.07) is 11.4. The number of nitrogens with zero attached hydrogens (tertiary/aromatic N) is 2. The zero-order valence-corrected chi connectivity index (χ0v) is 19.2. The Kier molecular flexibility index (Phi) is 7.02. The largest absolute Gasteiger partial charge is 0.441 e. The van der Waals surface area contributed by atoms with Crippen LogP contribution in [0.2, 0.25) is 0 Å². The first kappa shape index (κ1) is 22.2. The number of hydrogen-bond acceptors (Lipinski definition) is 6. The number of nitrogens with one attached hydrogen (secondary N) is 2. The fourth-order valence-electron chi connectivity index (χ4n) is 3.89. The molecule has 1 fully saturated rings. The molecule has 1 aliphatic heterocycles. The molecule has 1 unspecified atom stereocenters. The van der Waals surface area contributed by atoms with E-state index in [2.05, 4.69) is 20.5 Å². The Labute approximate surface area is 191 Å².